The molecule has 8 saturated carbocycles. The van der Waals surface area contributed by atoms with Crippen LogP contribution >= 0.6 is 0 Å². The van der Waals surface area contributed by atoms with Gasteiger partial charge >= 0.3 is 0 Å². The first-order chi connectivity index (χ1) is 9.68. The first kappa shape index (κ1) is 11.3. The van der Waals surface area contributed by atoms with Gasteiger partial charge in [-0.1, -0.05) is 0 Å². The molecule has 0 saturated heterocycles. The van der Waals surface area contributed by atoms with Crippen LogP contribution in [0.1, 0.15) is 64.2 Å². The molecule has 8 rings (SSSR count). The smallest absolute Gasteiger partial charge is 0.145 e. The Balaban J connectivity index is 1.43. The van der Waals surface area contributed by atoms with E-state index in [9.17, 15) is 4.79 Å². The summed E-state index contributed by atoms with van der Waals surface area (Å²) in [6.45, 7) is 0. The van der Waals surface area contributed by atoms with E-state index in [4.69, 9.17) is 0 Å². The van der Waals surface area contributed by atoms with E-state index >= 15 is 0 Å². The summed E-state index contributed by atoms with van der Waals surface area (Å²) in [6.07, 6.45) is 13.8. The number of Topliss-reactive ketones (excluding diaryl/α,β-unsaturated/α-hetero) is 1. The molecule has 0 aromatic rings. The van der Waals surface area contributed by atoms with Gasteiger partial charge in [-0.15, -0.1) is 0 Å². The molecule has 0 aliphatic heterocycles. The topological polar surface area (TPSA) is 17.1 Å². The van der Waals surface area contributed by atoms with E-state index in [-0.39, 0.29) is 10.8 Å². The van der Waals surface area contributed by atoms with Crippen LogP contribution in [0.2, 0.25) is 0 Å². The molecule has 4 unspecified atom stereocenters. The normalized spacial score (nSPS) is 64.6. The summed E-state index contributed by atoms with van der Waals surface area (Å²) in [6, 6.07) is 0. The fourth-order valence-corrected chi connectivity index (χ4v) is 8.83. The molecule has 0 aromatic carbocycles. The minimum absolute atomic E-state index is 0.201. The van der Waals surface area contributed by atoms with Crippen LogP contribution < -0.4 is 0 Å². The lowest BCUT2D eigenvalue weighted by Gasteiger charge is -2.41. The van der Waals surface area contributed by atoms with Gasteiger partial charge < -0.3 is 0 Å². The quantitative estimate of drug-likeness (QED) is 0.734. The standard InChI is InChI=1S/C19H26O/c20-17(18-7-11-1-12(8-18)4-15(18)3-11)19-9-13-2-14(10-19)6-16(19)5-13/h11-16H,1-10H2. The van der Waals surface area contributed by atoms with Gasteiger partial charge in [0.1, 0.15) is 5.78 Å². The third-order valence-corrected chi connectivity index (χ3v) is 8.88. The zero-order valence-electron chi connectivity index (χ0n) is 12.4. The van der Waals surface area contributed by atoms with Gasteiger partial charge in [-0.05, 0) is 99.7 Å². The summed E-state index contributed by atoms with van der Waals surface area (Å²) >= 11 is 0. The van der Waals surface area contributed by atoms with Crippen LogP contribution in [0.5, 0.6) is 0 Å². The summed E-state index contributed by atoms with van der Waals surface area (Å²) in [5.41, 5.74) is 0.403. The molecule has 0 amide bonds. The average Bonchev–Trinajstić information content (AvgIpc) is 3.00. The van der Waals surface area contributed by atoms with Crippen LogP contribution in [0.4, 0.5) is 0 Å². The summed E-state index contributed by atoms with van der Waals surface area (Å²) in [5.74, 6) is 6.19. The molecule has 8 aliphatic rings. The first-order valence-corrected chi connectivity index (χ1v) is 9.23. The number of ketones is 1. The fraction of sp³-hybridized carbons (Fsp3) is 0.947. The summed E-state index contributed by atoms with van der Waals surface area (Å²) < 4.78 is 0. The molecule has 1 heteroatoms. The number of rotatable bonds is 2. The van der Waals surface area contributed by atoms with E-state index in [1.807, 2.05) is 0 Å². The summed E-state index contributed by atoms with van der Waals surface area (Å²) in [5, 5.41) is 0. The van der Waals surface area contributed by atoms with Gasteiger partial charge in [0.2, 0.25) is 0 Å². The van der Waals surface area contributed by atoms with Crippen molar-refractivity contribution in [2.24, 2.45) is 46.3 Å². The molecule has 108 valence electrons. The van der Waals surface area contributed by atoms with E-state index in [1.165, 1.54) is 64.2 Å². The minimum Gasteiger partial charge on any atom is -0.298 e. The van der Waals surface area contributed by atoms with Crippen molar-refractivity contribution >= 4 is 5.78 Å². The Morgan fingerprint density at radius 1 is 0.600 bits per heavy atom. The highest BCUT2D eigenvalue weighted by molar-refractivity contribution is 5.92. The number of hydrogen-bond acceptors (Lipinski definition) is 1. The molecule has 8 bridgehead atoms. The highest BCUT2D eigenvalue weighted by Crippen LogP contribution is 2.73. The van der Waals surface area contributed by atoms with Crippen molar-refractivity contribution in [2.45, 2.75) is 64.2 Å². The van der Waals surface area contributed by atoms with Gasteiger partial charge in [0, 0.05) is 10.8 Å². The predicted molar refractivity (Wildman–Crippen MR) is 77.0 cm³/mol. The maximum atomic E-state index is 13.8. The van der Waals surface area contributed by atoms with Crippen molar-refractivity contribution in [1.82, 2.24) is 0 Å². The lowest BCUT2D eigenvalue weighted by Crippen LogP contribution is -2.45. The van der Waals surface area contributed by atoms with Gasteiger partial charge in [-0.3, -0.25) is 4.79 Å². The lowest BCUT2D eigenvalue weighted by molar-refractivity contribution is -0.143. The third-order valence-electron chi connectivity index (χ3n) is 8.88. The number of carbonyl (C=O) groups excluding carboxylic acids is 1. The second-order valence-electron chi connectivity index (χ2n) is 9.73. The van der Waals surface area contributed by atoms with E-state index in [0.717, 1.165) is 41.3 Å². The highest BCUT2D eigenvalue weighted by Gasteiger charge is 2.69. The zero-order valence-corrected chi connectivity index (χ0v) is 12.4. The SMILES string of the molecule is O=C(C12CC3CC(CC1C3)C2)C12CC3CC(CC1C3)C2. The molecule has 4 atom stereocenters. The zero-order chi connectivity index (χ0) is 13.1. The molecular formula is C19H26O. The molecule has 0 N–H and O–H groups in total. The monoisotopic (exact) mass is 270 g/mol. The Labute approximate surface area is 121 Å². The molecule has 0 aromatic heterocycles. The minimum atomic E-state index is 0.201. The fourth-order valence-electron chi connectivity index (χ4n) is 8.83. The second kappa shape index (κ2) is 3.20. The Morgan fingerprint density at radius 2 is 0.950 bits per heavy atom. The third kappa shape index (κ3) is 1.07. The first-order valence-electron chi connectivity index (χ1n) is 9.23. The number of carbonyl (C=O) groups is 1. The molecule has 8 aliphatic carbocycles. The van der Waals surface area contributed by atoms with Crippen molar-refractivity contribution in [3.05, 3.63) is 0 Å². The van der Waals surface area contributed by atoms with E-state index in [1.54, 1.807) is 0 Å². The second-order valence-corrected chi connectivity index (χ2v) is 9.73. The molecule has 8 fully saturated rings. The van der Waals surface area contributed by atoms with Gasteiger partial charge in [0.15, 0.2) is 0 Å². The van der Waals surface area contributed by atoms with Gasteiger partial charge in [0.25, 0.3) is 0 Å². The molecule has 0 heterocycles. The van der Waals surface area contributed by atoms with Crippen molar-refractivity contribution in [3.63, 3.8) is 0 Å². The maximum absolute atomic E-state index is 13.8. The molecule has 1 nitrogen and oxygen atoms in total. The Bertz CT molecular complexity index is 434. The van der Waals surface area contributed by atoms with Crippen molar-refractivity contribution < 1.29 is 4.79 Å². The summed E-state index contributed by atoms with van der Waals surface area (Å²) in [7, 11) is 0. The lowest BCUT2D eigenvalue weighted by atomic mass is 9.60. The maximum Gasteiger partial charge on any atom is 0.145 e. The van der Waals surface area contributed by atoms with Gasteiger partial charge in [-0.2, -0.15) is 0 Å². The van der Waals surface area contributed by atoms with Gasteiger partial charge in [0.05, 0.1) is 0 Å². The van der Waals surface area contributed by atoms with Gasteiger partial charge in [-0.25, -0.2) is 0 Å². The van der Waals surface area contributed by atoms with Crippen LogP contribution in [0.15, 0.2) is 0 Å². The van der Waals surface area contributed by atoms with E-state index in [0.29, 0.717) is 0 Å². The van der Waals surface area contributed by atoms with Crippen LogP contribution in [0.25, 0.3) is 0 Å². The molecule has 0 spiro atoms. The van der Waals surface area contributed by atoms with Crippen LogP contribution in [0.3, 0.4) is 0 Å². The van der Waals surface area contributed by atoms with Crippen molar-refractivity contribution in [3.8, 4) is 0 Å². The Kier molecular flexibility index (Phi) is 1.80. The highest BCUT2D eigenvalue weighted by atomic mass is 16.1. The number of hydrogen-bond donors (Lipinski definition) is 0. The molecule has 20 heavy (non-hydrogen) atoms. The largest absolute Gasteiger partial charge is 0.298 e. The van der Waals surface area contributed by atoms with Crippen molar-refractivity contribution in [2.75, 3.05) is 0 Å². The predicted octanol–water partition coefficient (Wildman–Crippen LogP) is 4.21. The van der Waals surface area contributed by atoms with Crippen molar-refractivity contribution in [1.29, 1.82) is 0 Å². The molecular weight excluding hydrogens is 244 g/mol. The Morgan fingerprint density at radius 3 is 1.30 bits per heavy atom. The van der Waals surface area contributed by atoms with E-state index < -0.39 is 0 Å². The summed E-state index contributed by atoms with van der Waals surface area (Å²) in [4.78, 5) is 13.8. The van der Waals surface area contributed by atoms with Crippen LogP contribution in [-0.4, -0.2) is 5.78 Å². The van der Waals surface area contributed by atoms with Crippen LogP contribution in [-0.2, 0) is 4.79 Å². The van der Waals surface area contributed by atoms with E-state index in [2.05, 4.69) is 0 Å². The average molecular weight is 270 g/mol. The van der Waals surface area contributed by atoms with Crippen LogP contribution in [0, 0.1) is 46.3 Å². The Hall–Kier alpha value is -0.330. The molecule has 0 radical (unpaired) electrons.